The Balaban J connectivity index is 2.32. The first-order chi connectivity index (χ1) is 23.8. The Morgan fingerprint density at radius 3 is 1.80 bits per heavy atom. The smallest absolute Gasteiger partial charge is 0.311 e. The number of aliphatic hydroxyl groups is 3. The van der Waals surface area contributed by atoms with Crippen molar-refractivity contribution in [2.75, 3.05) is 0 Å². The van der Waals surface area contributed by atoms with Gasteiger partial charge in [0.25, 0.3) is 0 Å². The Hall–Kier alpha value is -2.57. The quantitative estimate of drug-likeness (QED) is 0.0218. The van der Waals surface area contributed by atoms with Crippen LogP contribution in [-0.2, 0) is 11.2 Å². The van der Waals surface area contributed by atoms with E-state index in [1.54, 1.807) is 32.1 Å². The molecule has 0 bridgehead atoms. The van der Waals surface area contributed by atoms with Crippen molar-refractivity contribution < 1.29 is 30.0 Å². The van der Waals surface area contributed by atoms with Gasteiger partial charge in [-0.15, -0.1) is 0 Å². The molecule has 4 N–H and O–H groups in total. The summed E-state index contributed by atoms with van der Waals surface area (Å²) in [6.07, 6.45) is 29.7. The predicted molar refractivity (Wildman–Crippen MR) is 210 cm³/mol. The molecule has 0 saturated carbocycles. The molecule has 6 nitrogen and oxygen atoms in total. The highest BCUT2D eigenvalue weighted by molar-refractivity contribution is 5.72. The number of allylic oxidation sites excluding steroid dienone is 6. The molecule has 6 heteroatoms. The summed E-state index contributed by atoms with van der Waals surface area (Å²) in [6, 6.07) is 3.52. The van der Waals surface area contributed by atoms with Crippen molar-refractivity contribution in [3.63, 3.8) is 0 Å². The van der Waals surface area contributed by atoms with E-state index in [1.165, 1.54) is 94.6 Å². The number of hydrogen-bond acceptors (Lipinski definition) is 6. The van der Waals surface area contributed by atoms with Crippen LogP contribution in [0.15, 0.2) is 47.3 Å². The fraction of sp³-hybridized carbons (Fsp3) is 0.705. The molecule has 1 atom stereocenters. The van der Waals surface area contributed by atoms with E-state index in [9.17, 15) is 25.2 Å². The summed E-state index contributed by atoms with van der Waals surface area (Å²) < 4.78 is 5.67. The number of carbonyl (C=O) groups is 1. The van der Waals surface area contributed by atoms with E-state index in [-0.39, 0.29) is 17.5 Å². The second kappa shape index (κ2) is 27.1. The number of phenolic OH excluding ortho intramolecular Hbond substituents is 1. The summed E-state index contributed by atoms with van der Waals surface area (Å²) in [5.74, 6) is 0.787. The number of aliphatic hydroxyl groups excluding tert-OH is 2. The van der Waals surface area contributed by atoms with Crippen LogP contribution in [0.4, 0.5) is 0 Å². The van der Waals surface area contributed by atoms with E-state index in [2.05, 4.69) is 32.9 Å². The van der Waals surface area contributed by atoms with Gasteiger partial charge in [-0.2, -0.15) is 0 Å². The molecular weight excluding hydrogens is 624 g/mol. The van der Waals surface area contributed by atoms with Gasteiger partial charge in [-0.25, -0.2) is 0 Å². The molecule has 1 aromatic carbocycles. The minimum absolute atomic E-state index is 0.208. The van der Waals surface area contributed by atoms with Crippen LogP contribution in [0.3, 0.4) is 0 Å². The molecule has 0 aliphatic heterocycles. The van der Waals surface area contributed by atoms with Crippen molar-refractivity contribution in [2.24, 2.45) is 0 Å². The maximum atomic E-state index is 12.5. The lowest BCUT2D eigenvalue weighted by atomic mass is 9.97. The van der Waals surface area contributed by atoms with Crippen LogP contribution in [0.5, 0.6) is 11.5 Å². The van der Waals surface area contributed by atoms with Gasteiger partial charge in [-0.1, -0.05) is 120 Å². The number of ether oxygens (including phenoxy) is 1. The molecule has 0 aromatic heterocycles. The van der Waals surface area contributed by atoms with Gasteiger partial charge in [0.05, 0.1) is 17.5 Å². The first-order valence-electron chi connectivity index (χ1n) is 20.0. The normalized spacial score (nSPS) is 13.6. The lowest BCUT2D eigenvalue weighted by Gasteiger charge is -2.24. The van der Waals surface area contributed by atoms with Crippen molar-refractivity contribution in [3.05, 3.63) is 58.4 Å². The van der Waals surface area contributed by atoms with Crippen molar-refractivity contribution in [2.45, 2.75) is 201 Å². The number of aryl methyl sites for hydroxylation is 1. The maximum Gasteiger partial charge on any atom is 0.311 e. The number of hydrogen-bond donors (Lipinski definition) is 4. The average Bonchev–Trinajstić information content (AvgIpc) is 3.05. The van der Waals surface area contributed by atoms with Crippen LogP contribution in [0, 0.1) is 6.92 Å². The molecule has 1 aromatic rings. The number of benzene rings is 1. The second-order valence-electron chi connectivity index (χ2n) is 15.2. The standard InChI is InChI=1S/C44H74O6/c1-7-8-9-10-11-12-13-14-15-16-17-18-19-20-21-28-42(47)50-40-33-37(4)43(48)38(34-40)30-29-36(3)25-22-24-35(2)26-23-27-39(45)31-32-41(46)44(5,6)49/h24,27,29,33-34,41,45-46,48-49H,7-23,25-26,28,30-32H2,1-6H3/b35-24+,36-29+,39-27-/t41-/m1/s1. The monoisotopic (exact) mass is 699 g/mol. The highest BCUT2D eigenvalue weighted by Gasteiger charge is 2.24. The third-order valence-electron chi connectivity index (χ3n) is 9.68. The summed E-state index contributed by atoms with van der Waals surface area (Å²) in [4.78, 5) is 12.5. The zero-order valence-electron chi connectivity index (χ0n) is 32.8. The van der Waals surface area contributed by atoms with Crippen LogP contribution in [0.1, 0.15) is 187 Å². The molecule has 0 amide bonds. The Morgan fingerprint density at radius 2 is 1.26 bits per heavy atom. The Labute approximate surface area is 306 Å². The first-order valence-corrected chi connectivity index (χ1v) is 20.0. The summed E-state index contributed by atoms with van der Waals surface area (Å²) in [7, 11) is 0. The van der Waals surface area contributed by atoms with Crippen molar-refractivity contribution in [1.82, 2.24) is 0 Å². The fourth-order valence-electron chi connectivity index (χ4n) is 6.10. The topological polar surface area (TPSA) is 107 Å². The minimum atomic E-state index is -1.17. The average molecular weight is 699 g/mol. The third-order valence-corrected chi connectivity index (χ3v) is 9.68. The lowest BCUT2D eigenvalue weighted by molar-refractivity contribution is -0.134. The number of unbranched alkanes of at least 4 members (excludes halogenated alkanes) is 14. The maximum absolute atomic E-state index is 12.5. The van der Waals surface area contributed by atoms with Crippen LogP contribution in [0.25, 0.3) is 0 Å². The van der Waals surface area contributed by atoms with E-state index >= 15 is 0 Å². The Morgan fingerprint density at radius 1 is 0.760 bits per heavy atom. The summed E-state index contributed by atoms with van der Waals surface area (Å²) in [5.41, 5.74) is 2.77. The van der Waals surface area contributed by atoms with E-state index in [4.69, 9.17) is 4.74 Å². The highest BCUT2D eigenvalue weighted by atomic mass is 16.5. The van der Waals surface area contributed by atoms with E-state index < -0.39 is 11.7 Å². The molecule has 0 spiro atoms. The van der Waals surface area contributed by atoms with Gasteiger partial charge < -0.3 is 25.2 Å². The zero-order valence-corrected chi connectivity index (χ0v) is 32.8. The Kier molecular flexibility index (Phi) is 24.7. The van der Waals surface area contributed by atoms with E-state index in [0.717, 1.165) is 44.1 Å². The van der Waals surface area contributed by atoms with Gasteiger partial charge in [-0.05, 0) is 103 Å². The lowest BCUT2D eigenvalue weighted by Crippen LogP contribution is -2.35. The SMILES string of the molecule is CCCCCCCCCCCCCCCCCC(=O)Oc1cc(C)c(O)c(C/C=C(\C)CC/C=C(\C)CC/C=C(\O)CC[C@@H](O)C(C)(C)O)c1. The van der Waals surface area contributed by atoms with Crippen LogP contribution >= 0.6 is 0 Å². The largest absolute Gasteiger partial charge is 0.513 e. The minimum Gasteiger partial charge on any atom is -0.513 e. The van der Waals surface area contributed by atoms with Crippen LogP contribution < -0.4 is 4.74 Å². The van der Waals surface area contributed by atoms with Gasteiger partial charge in [0.15, 0.2) is 0 Å². The molecule has 50 heavy (non-hydrogen) atoms. The van der Waals surface area contributed by atoms with E-state index in [1.807, 2.05) is 6.92 Å². The highest BCUT2D eigenvalue weighted by Crippen LogP contribution is 2.29. The molecule has 1 rings (SSSR count). The predicted octanol–water partition coefficient (Wildman–Crippen LogP) is 12.2. The molecule has 0 fully saturated rings. The number of rotatable bonds is 29. The van der Waals surface area contributed by atoms with Crippen LogP contribution in [0.2, 0.25) is 0 Å². The van der Waals surface area contributed by atoms with Gasteiger partial charge in [0.1, 0.15) is 11.5 Å². The summed E-state index contributed by atoms with van der Waals surface area (Å²) in [5, 5.41) is 40.5. The van der Waals surface area contributed by atoms with Crippen molar-refractivity contribution in [1.29, 1.82) is 0 Å². The van der Waals surface area contributed by atoms with Crippen molar-refractivity contribution >= 4 is 5.97 Å². The number of esters is 1. The van der Waals surface area contributed by atoms with Crippen molar-refractivity contribution in [3.8, 4) is 11.5 Å². The number of aromatic hydroxyl groups is 1. The first kappa shape index (κ1) is 45.5. The van der Waals surface area contributed by atoms with Gasteiger partial charge in [0.2, 0.25) is 0 Å². The molecular formula is C44H74O6. The molecule has 0 aliphatic rings. The summed E-state index contributed by atoms with van der Waals surface area (Å²) >= 11 is 0. The fourth-order valence-corrected chi connectivity index (χ4v) is 6.10. The molecule has 0 unspecified atom stereocenters. The number of phenols is 1. The second-order valence-corrected chi connectivity index (χ2v) is 15.2. The third kappa shape index (κ3) is 23.0. The molecule has 0 radical (unpaired) electrons. The number of carbonyl (C=O) groups excluding carboxylic acids is 1. The van der Waals surface area contributed by atoms with Gasteiger partial charge in [0, 0.05) is 18.4 Å². The zero-order chi connectivity index (χ0) is 37.2. The van der Waals surface area contributed by atoms with Gasteiger partial charge >= 0.3 is 5.97 Å². The molecule has 0 saturated heterocycles. The van der Waals surface area contributed by atoms with Crippen LogP contribution in [-0.4, -0.2) is 38.1 Å². The summed E-state index contributed by atoms with van der Waals surface area (Å²) in [6.45, 7) is 11.4. The molecule has 0 aliphatic carbocycles. The Bertz CT molecular complexity index is 1160. The molecule has 0 heterocycles. The van der Waals surface area contributed by atoms with E-state index in [0.29, 0.717) is 37.0 Å². The van der Waals surface area contributed by atoms with Gasteiger partial charge in [-0.3, -0.25) is 4.79 Å². The molecule has 286 valence electrons.